The fourth-order valence-corrected chi connectivity index (χ4v) is 3.20. The van der Waals surface area contributed by atoms with Crippen molar-refractivity contribution in [3.05, 3.63) is 54.2 Å². The Morgan fingerprint density at radius 2 is 2.23 bits per heavy atom. The molecule has 1 fully saturated rings. The average molecular weight is 352 g/mol. The van der Waals surface area contributed by atoms with Crippen molar-refractivity contribution < 1.29 is 4.74 Å². The van der Waals surface area contributed by atoms with Crippen LogP contribution < -0.4 is 5.32 Å². The van der Waals surface area contributed by atoms with Gasteiger partial charge in [0.15, 0.2) is 5.96 Å². The van der Waals surface area contributed by atoms with Crippen LogP contribution in [0.15, 0.2) is 53.7 Å². The van der Waals surface area contributed by atoms with Crippen LogP contribution in [0.25, 0.3) is 11.3 Å². The Labute approximate surface area is 156 Å². The number of rotatable bonds is 6. The molecule has 138 valence electrons. The van der Waals surface area contributed by atoms with Crippen LogP contribution in [0.2, 0.25) is 0 Å². The molecule has 0 spiro atoms. The first kappa shape index (κ1) is 18.4. The fourth-order valence-electron chi connectivity index (χ4n) is 3.20. The van der Waals surface area contributed by atoms with E-state index >= 15 is 0 Å². The molecule has 1 atom stereocenters. The van der Waals surface area contributed by atoms with Crippen molar-refractivity contribution in [1.82, 2.24) is 15.2 Å². The minimum absolute atomic E-state index is 0.594. The van der Waals surface area contributed by atoms with Crippen molar-refractivity contribution in [3.8, 4) is 11.3 Å². The first-order valence-corrected chi connectivity index (χ1v) is 9.34. The molecule has 1 N–H and O–H groups in total. The van der Waals surface area contributed by atoms with Gasteiger partial charge in [-0.05, 0) is 37.1 Å². The van der Waals surface area contributed by atoms with Gasteiger partial charge < -0.3 is 15.0 Å². The molecule has 1 aromatic heterocycles. The number of pyridine rings is 1. The maximum Gasteiger partial charge on any atom is 0.193 e. The SMILES string of the molecule is CCNC(=NCc1cccc(-c2ccccn2)c1)N(C)CC1CCOC1. The number of ether oxygens (including phenoxy) is 1. The molecule has 0 bridgehead atoms. The standard InChI is InChI=1S/C21H28N4O/c1-3-22-21(25(2)15-18-10-12-26-16-18)24-14-17-7-6-8-19(13-17)20-9-4-5-11-23-20/h4-9,11,13,18H,3,10,12,14-16H2,1-2H3,(H,22,24). The fraction of sp³-hybridized carbons (Fsp3) is 0.429. The highest BCUT2D eigenvalue weighted by Crippen LogP contribution is 2.18. The number of hydrogen-bond acceptors (Lipinski definition) is 3. The lowest BCUT2D eigenvalue weighted by Gasteiger charge is -2.24. The lowest BCUT2D eigenvalue weighted by atomic mass is 10.1. The van der Waals surface area contributed by atoms with E-state index in [2.05, 4.69) is 53.4 Å². The second kappa shape index (κ2) is 9.34. The Kier molecular flexibility index (Phi) is 6.61. The van der Waals surface area contributed by atoms with Crippen LogP contribution in [0, 0.1) is 5.92 Å². The van der Waals surface area contributed by atoms with E-state index in [0.717, 1.165) is 49.9 Å². The number of benzene rings is 1. The summed E-state index contributed by atoms with van der Waals surface area (Å²) in [5.41, 5.74) is 3.30. The van der Waals surface area contributed by atoms with Gasteiger partial charge in [0.1, 0.15) is 0 Å². The minimum Gasteiger partial charge on any atom is -0.381 e. The van der Waals surface area contributed by atoms with E-state index in [-0.39, 0.29) is 0 Å². The Hall–Kier alpha value is -2.40. The molecule has 2 heterocycles. The smallest absolute Gasteiger partial charge is 0.193 e. The van der Waals surface area contributed by atoms with E-state index in [0.29, 0.717) is 12.5 Å². The summed E-state index contributed by atoms with van der Waals surface area (Å²) in [7, 11) is 2.10. The second-order valence-electron chi connectivity index (χ2n) is 6.70. The molecule has 0 aliphatic carbocycles. The molecule has 5 heteroatoms. The van der Waals surface area contributed by atoms with Crippen molar-refractivity contribution in [3.63, 3.8) is 0 Å². The lowest BCUT2D eigenvalue weighted by Crippen LogP contribution is -2.41. The largest absolute Gasteiger partial charge is 0.381 e. The van der Waals surface area contributed by atoms with Crippen molar-refractivity contribution in [1.29, 1.82) is 0 Å². The van der Waals surface area contributed by atoms with E-state index in [1.54, 1.807) is 0 Å². The number of guanidine groups is 1. The zero-order chi connectivity index (χ0) is 18.2. The van der Waals surface area contributed by atoms with Gasteiger partial charge in [0.2, 0.25) is 0 Å². The quantitative estimate of drug-likeness (QED) is 0.641. The van der Waals surface area contributed by atoms with E-state index < -0.39 is 0 Å². The van der Waals surface area contributed by atoms with Crippen molar-refractivity contribution in [2.75, 3.05) is 33.4 Å². The van der Waals surface area contributed by atoms with Gasteiger partial charge in [0.05, 0.1) is 18.8 Å². The van der Waals surface area contributed by atoms with E-state index in [1.165, 1.54) is 5.56 Å². The van der Waals surface area contributed by atoms with Crippen molar-refractivity contribution in [2.45, 2.75) is 19.9 Å². The molecule has 0 radical (unpaired) electrons. The molecule has 1 saturated heterocycles. The molecule has 1 unspecified atom stereocenters. The van der Waals surface area contributed by atoms with Gasteiger partial charge in [-0.25, -0.2) is 4.99 Å². The van der Waals surface area contributed by atoms with Gasteiger partial charge in [0.25, 0.3) is 0 Å². The van der Waals surface area contributed by atoms with Gasteiger partial charge in [-0.15, -0.1) is 0 Å². The molecule has 0 saturated carbocycles. The topological polar surface area (TPSA) is 49.8 Å². The summed E-state index contributed by atoms with van der Waals surface area (Å²) in [5.74, 6) is 1.54. The maximum absolute atomic E-state index is 5.49. The lowest BCUT2D eigenvalue weighted by molar-refractivity contribution is 0.181. The number of aliphatic imine (C=N–C) groups is 1. The van der Waals surface area contributed by atoms with E-state index in [4.69, 9.17) is 9.73 Å². The summed E-state index contributed by atoms with van der Waals surface area (Å²) in [6.45, 7) is 6.32. The summed E-state index contributed by atoms with van der Waals surface area (Å²) in [5, 5.41) is 3.40. The molecule has 2 aromatic rings. The number of nitrogens with zero attached hydrogens (tertiary/aromatic N) is 3. The minimum atomic E-state index is 0.594. The van der Waals surface area contributed by atoms with Crippen LogP contribution in [-0.4, -0.2) is 49.2 Å². The molecule has 5 nitrogen and oxygen atoms in total. The van der Waals surface area contributed by atoms with Crippen molar-refractivity contribution >= 4 is 5.96 Å². The molecule has 1 aromatic carbocycles. The Morgan fingerprint density at radius 3 is 2.96 bits per heavy atom. The molecule has 1 aliphatic heterocycles. The number of aromatic nitrogens is 1. The van der Waals surface area contributed by atoms with Crippen LogP contribution in [-0.2, 0) is 11.3 Å². The Morgan fingerprint density at radius 1 is 1.31 bits per heavy atom. The van der Waals surface area contributed by atoms with Gasteiger partial charge in [-0.2, -0.15) is 0 Å². The Bertz CT molecular complexity index is 711. The highest BCUT2D eigenvalue weighted by molar-refractivity contribution is 5.79. The van der Waals surface area contributed by atoms with E-state index in [1.807, 2.05) is 24.4 Å². The molecular formula is C21H28N4O. The first-order chi connectivity index (χ1) is 12.8. The molecule has 1 aliphatic rings. The van der Waals surface area contributed by atoms with Crippen LogP contribution >= 0.6 is 0 Å². The highest BCUT2D eigenvalue weighted by atomic mass is 16.5. The van der Waals surface area contributed by atoms with Crippen LogP contribution in [0.4, 0.5) is 0 Å². The molecule has 3 rings (SSSR count). The summed E-state index contributed by atoms with van der Waals surface area (Å²) in [4.78, 5) is 11.5. The average Bonchev–Trinajstić information content (AvgIpc) is 3.19. The van der Waals surface area contributed by atoms with Crippen LogP contribution in [0.3, 0.4) is 0 Å². The third-order valence-electron chi connectivity index (χ3n) is 4.55. The number of nitrogens with one attached hydrogen (secondary N) is 1. The highest BCUT2D eigenvalue weighted by Gasteiger charge is 2.19. The molecular weight excluding hydrogens is 324 g/mol. The normalized spacial score (nSPS) is 17.3. The van der Waals surface area contributed by atoms with E-state index in [9.17, 15) is 0 Å². The predicted molar refractivity (Wildman–Crippen MR) is 106 cm³/mol. The Balaban J connectivity index is 1.69. The van der Waals surface area contributed by atoms with Gasteiger partial charge in [0, 0.05) is 44.4 Å². The predicted octanol–water partition coefficient (Wildman–Crippen LogP) is 3.18. The van der Waals surface area contributed by atoms with Gasteiger partial charge >= 0.3 is 0 Å². The van der Waals surface area contributed by atoms with Gasteiger partial charge in [-0.3, -0.25) is 4.98 Å². The monoisotopic (exact) mass is 352 g/mol. The summed E-state index contributed by atoms with van der Waals surface area (Å²) >= 11 is 0. The zero-order valence-corrected chi connectivity index (χ0v) is 15.7. The second-order valence-corrected chi connectivity index (χ2v) is 6.70. The molecule has 26 heavy (non-hydrogen) atoms. The summed E-state index contributed by atoms with van der Waals surface area (Å²) in [6.07, 6.45) is 2.96. The van der Waals surface area contributed by atoms with Crippen LogP contribution in [0.5, 0.6) is 0 Å². The first-order valence-electron chi connectivity index (χ1n) is 9.34. The maximum atomic E-state index is 5.49. The number of hydrogen-bond donors (Lipinski definition) is 1. The summed E-state index contributed by atoms with van der Waals surface area (Å²) < 4.78 is 5.49. The zero-order valence-electron chi connectivity index (χ0n) is 15.7. The molecule has 0 amide bonds. The third-order valence-corrected chi connectivity index (χ3v) is 4.55. The third kappa shape index (κ3) is 5.05. The summed E-state index contributed by atoms with van der Waals surface area (Å²) in [6, 6.07) is 14.4. The van der Waals surface area contributed by atoms with Gasteiger partial charge in [-0.1, -0.05) is 24.3 Å². The van der Waals surface area contributed by atoms with Crippen molar-refractivity contribution in [2.24, 2.45) is 10.9 Å². The van der Waals surface area contributed by atoms with Crippen LogP contribution in [0.1, 0.15) is 18.9 Å².